The van der Waals surface area contributed by atoms with Gasteiger partial charge in [-0.2, -0.15) is 0 Å². The largest absolute Gasteiger partial charge is 0.434 e. The highest BCUT2D eigenvalue weighted by atomic mass is 16.6. The molecule has 1 aromatic carbocycles. The zero-order chi connectivity index (χ0) is 9.42. The summed E-state index contributed by atoms with van der Waals surface area (Å²) < 4.78 is 5.06. The standard InChI is InChI=1S/C9H10N2O2/c1-10-7-5-3-4-6-8(7)13-9(12)11(10)2/h3-6H,1-2H3. The van der Waals surface area contributed by atoms with Gasteiger partial charge in [-0.3, -0.25) is 5.01 Å². The fourth-order valence-electron chi connectivity index (χ4n) is 1.26. The van der Waals surface area contributed by atoms with Crippen LogP contribution < -0.4 is 9.75 Å². The lowest BCUT2D eigenvalue weighted by molar-refractivity contribution is 0.153. The fourth-order valence-corrected chi connectivity index (χ4v) is 1.26. The summed E-state index contributed by atoms with van der Waals surface area (Å²) >= 11 is 0. The van der Waals surface area contributed by atoms with Crippen LogP contribution in [-0.4, -0.2) is 25.2 Å². The quantitative estimate of drug-likeness (QED) is 0.603. The van der Waals surface area contributed by atoms with Crippen LogP contribution in [0, 0.1) is 0 Å². The fraction of sp³-hybridized carbons (Fsp3) is 0.222. The van der Waals surface area contributed by atoms with Gasteiger partial charge in [-0.25, -0.2) is 9.80 Å². The molecule has 0 bridgehead atoms. The average molecular weight is 178 g/mol. The minimum atomic E-state index is -0.360. The monoisotopic (exact) mass is 178 g/mol. The van der Waals surface area contributed by atoms with Gasteiger partial charge in [0.1, 0.15) is 5.69 Å². The highest BCUT2D eigenvalue weighted by molar-refractivity contribution is 5.79. The number of benzene rings is 1. The number of para-hydroxylation sites is 2. The molecule has 0 radical (unpaired) electrons. The van der Waals surface area contributed by atoms with E-state index in [1.807, 2.05) is 25.2 Å². The molecule has 0 spiro atoms. The van der Waals surface area contributed by atoms with E-state index < -0.39 is 0 Å². The normalized spacial score (nSPS) is 15.4. The van der Waals surface area contributed by atoms with E-state index in [1.54, 1.807) is 18.1 Å². The van der Waals surface area contributed by atoms with Crippen LogP contribution in [0.4, 0.5) is 10.5 Å². The Morgan fingerprint density at radius 3 is 2.62 bits per heavy atom. The molecule has 1 heterocycles. The first-order valence-electron chi connectivity index (χ1n) is 3.98. The number of hydrogen-bond acceptors (Lipinski definition) is 3. The summed E-state index contributed by atoms with van der Waals surface area (Å²) in [6.07, 6.45) is -0.360. The Hall–Kier alpha value is -1.71. The molecule has 0 fully saturated rings. The van der Waals surface area contributed by atoms with Gasteiger partial charge in [0.2, 0.25) is 0 Å². The average Bonchev–Trinajstić information content (AvgIpc) is 2.15. The van der Waals surface area contributed by atoms with Crippen LogP contribution in [0.3, 0.4) is 0 Å². The number of carbonyl (C=O) groups excluding carboxylic acids is 1. The Morgan fingerprint density at radius 2 is 1.85 bits per heavy atom. The van der Waals surface area contributed by atoms with Gasteiger partial charge in [0.15, 0.2) is 5.75 Å². The van der Waals surface area contributed by atoms with Crippen molar-refractivity contribution in [1.29, 1.82) is 0 Å². The number of hydrogen-bond donors (Lipinski definition) is 0. The van der Waals surface area contributed by atoms with Crippen LogP contribution in [0.25, 0.3) is 0 Å². The van der Waals surface area contributed by atoms with E-state index in [9.17, 15) is 4.79 Å². The molecule has 0 N–H and O–H groups in total. The van der Waals surface area contributed by atoms with Gasteiger partial charge in [-0.05, 0) is 12.1 Å². The highest BCUT2D eigenvalue weighted by Gasteiger charge is 2.25. The maximum absolute atomic E-state index is 11.2. The molecule has 4 nitrogen and oxygen atoms in total. The number of anilines is 1. The van der Waals surface area contributed by atoms with E-state index in [1.165, 1.54) is 5.01 Å². The number of carbonyl (C=O) groups is 1. The molecule has 0 aliphatic carbocycles. The zero-order valence-electron chi connectivity index (χ0n) is 7.52. The Kier molecular flexibility index (Phi) is 1.62. The molecule has 0 unspecified atom stereocenters. The number of hydrazine groups is 1. The van der Waals surface area contributed by atoms with E-state index in [-0.39, 0.29) is 6.09 Å². The van der Waals surface area contributed by atoms with Gasteiger partial charge >= 0.3 is 6.09 Å². The first-order chi connectivity index (χ1) is 6.20. The Balaban J connectivity index is 2.49. The van der Waals surface area contributed by atoms with Crippen molar-refractivity contribution in [1.82, 2.24) is 5.01 Å². The second-order valence-corrected chi connectivity index (χ2v) is 2.88. The lowest BCUT2D eigenvalue weighted by Crippen LogP contribution is -2.46. The molecule has 0 saturated carbocycles. The number of fused-ring (bicyclic) bond motifs is 1. The van der Waals surface area contributed by atoms with Gasteiger partial charge in [-0.1, -0.05) is 12.1 Å². The van der Waals surface area contributed by atoms with E-state index in [0.717, 1.165) is 5.69 Å². The van der Waals surface area contributed by atoms with Crippen molar-refractivity contribution in [2.24, 2.45) is 0 Å². The van der Waals surface area contributed by atoms with E-state index in [2.05, 4.69) is 0 Å². The van der Waals surface area contributed by atoms with E-state index in [4.69, 9.17) is 4.74 Å². The van der Waals surface area contributed by atoms with Crippen molar-refractivity contribution in [3.63, 3.8) is 0 Å². The molecule has 1 aromatic rings. The summed E-state index contributed by atoms with van der Waals surface area (Å²) in [7, 11) is 3.48. The second-order valence-electron chi connectivity index (χ2n) is 2.88. The first kappa shape index (κ1) is 7.91. The number of amides is 1. The van der Waals surface area contributed by atoms with Crippen LogP contribution >= 0.6 is 0 Å². The van der Waals surface area contributed by atoms with Crippen LogP contribution in [0.5, 0.6) is 5.75 Å². The second kappa shape index (κ2) is 2.65. The molecular weight excluding hydrogens is 168 g/mol. The SMILES string of the molecule is CN1C(=O)Oc2ccccc2N1C. The topological polar surface area (TPSA) is 32.8 Å². The third-order valence-electron chi connectivity index (χ3n) is 2.13. The van der Waals surface area contributed by atoms with Crippen molar-refractivity contribution in [3.05, 3.63) is 24.3 Å². The van der Waals surface area contributed by atoms with Gasteiger partial charge in [0, 0.05) is 14.1 Å². The molecule has 0 saturated heterocycles. The summed E-state index contributed by atoms with van der Waals surface area (Å²) in [6.45, 7) is 0. The lowest BCUT2D eigenvalue weighted by atomic mass is 10.3. The third kappa shape index (κ3) is 1.11. The maximum atomic E-state index is 11.2. The number of nitrogens with zero attached hydrogens (tertiary/aromatic N) is 2. The summed E-state index contributed by atoms with van der Waals surface area (Å²) in [6, 6.07) is 7.42. The molecule has 1 amide bonds. The summed E-state index contributed by atoms with van der Waals surface area (Å²) in [4.78, 5) is 11.2. The van der Waals surface area contributed by atoms with Gasteiger partial charge in [0.05, 0.1) is 0 Å². The number of ether oxygens (including phenoxy) is 1. The van der Waals surface area contributed by atoms with Crippen LogP contribution in [0.15, 0.2) is 24.3 Å². The minimum Gasteiger partial charge on any atom is -0.407 e. The molecule has 0 aromatic heterocycles. The predicted octanol–water partition coefficient (Wildman–Crippen LogP) is 1.48. The van der Waals surface area contributed by atoms with E-state index >= 15 is 0 Å². The summed E-state index contributed by atoms with van der Waals surface area (Å²) in [5.74, 6) is 0.605. The maximum Gasteiger partial charge on any atom is 0.434 e. The molecule has 0 atom stereocenters. The molecule has 4 heteroatoms. The highest BCUT2D eigenvalue weighted by Crippen LogP contribution is 2.31. The smallest absolute Gasteiger partial charge is 0.407 e. The summed E-state index contributed by atoms with van der Waals surface area (Å²) in [5.41, 5.74) is 0.893. The predicted molar refractivity (Wildman–Crippen MR) is 48.6 cm³/mol. The van der Waals surface area contributed by atoms with Crippen molar-refractivity contribution in [3.8, 4) is 5.75 Å². The lowest BCUT2D eigenvalue weighted by Gasteiger charge is -2.34. The minimum absolute atomic E-state index is 0.360. The van der Waals surface area contributed by atoms with Crippen molar-refractivity contribution < 1.29 is 9.53 Å². The van der Waals surface area contributed by atoms with Crippen LogP contribution in [0.2, 0.25) is 0 Å². The Labute approximate surface area is 76.3 Å². The first-order valence-corrected chi connectivity index (χ1v) is 3.98. The molecule has 2 rings (SSSR count). The molecule has 13 heavy (non-hydrogen) atoms. The molecule has 1 aliphatic heterocycles. The van der Waals surface area contributed by atoms with E-state index in [0.29, 0.717) is 5.75 Å². The van der Waals surface area contributed by atoms with Gasteiger partial charge in [-0.15, -0.1) is 0 Å². The van der Waals surface area contributed by atoms with Crippen molar-refractivity contribution in [2.75, 3.05) is 19.1 Å². The van der Waals surface area contributed by atoms with Gasteiger partial charge < -0.3 is 4.74 Å². The van der Waals surface area contributed by atoms with Crippen LogP contribution in [-0.2, 0) is 0 Å². The van der Waals surface area contributed by atoms with Crippen molar-refractivity contribution >= 4 is 11.8 Å². The summed E-state index contributed by atoms with van der Waals surface area (Å²) in [5, 5.41) is 3.17. The number of rotatable bonds is 0. The van der Waals surface area contributed by atoms with Gasteiger partial charge in [0.25, 0.3) is 0 Å². The molecule has 1 aliphatic rings. The Morgan fingerprint density at radius 1 is 1.15 bits per heavy atom. The third-order valence-corrected chi connectivity index (χ3v) is 2.13. The zero-order valence-corrected chi connectivity index (χ0v) is 7.52. The molecular formula is C9H10N2O2. The van der Waals surface area contributed by atoms with Crippen LogP contribution in [0.1, 0.15) is 0 Å². The molecule has 68 valence electrons. The Bertz CT molecular complexity index is 351. The van der Waals surface area contributed by atoms with Crippen molar-refractivity contribution in [2.45, 2.75) is 0 Å².